The number of esters is 2. The second kappa shape index (κ2) is 8.27. The Bertz CT molecular complexity index is 919. The third-order valence-electron chi connectivity index (χ3n) is 5.16. The summed E-state index contributed by atoms with van der Waals surface area (Å²) in [6.45, 7) is 3.83. The number of rotatable bonds is 5. The van der Waals surface area contributed by atoms with Crippen molar-refractivity contribution in [1.29, 1.82) is 0 Å². The summed E-state index contributed by atoms with van der Waals surface area (Å²) in [5.74, 6) is -3.56. The summed E-state index contributed by atoms with van der Waals surface area (Å²) in [6, 6.07) is 12.5. The molecule has 0 radical (unpaired) electrons. The van der Waals surface area contributed by atoms with Crippen molar-refractivity contribution in [3.05, 3.63) is 63.6 Å². The molecule has 1 aliphatic heterocycles. The van der Waals surface area contributed by atoms with E-state index in [0.29, 0.717) is 23.3 Å². The number of hydrogen-bond donors (Lipinski definition) is 0. The first-order valence-corrected chi connectivity index (χ1v) is 9.86. The van der Waals surface area contributed by atoms with Crippen molar-refractivity contribution >= 4 is 33.7 Å². The van der Waals surface area contributed by atoms with Gasteiger partial charge in [-0.1, -0.05) is 52.7 Å². The molecule has 0 unspecified atom stereocenters. The van der Waals surface area contributed by atoms with Gasteiger partial charge in [0.1, 0.15) is 5.75 Å². The molecule has 0 bridgehead atoms. The molecule has 3 atom stereocenters. The van der Waals surface area contributed by atoms with Crippen molar-refractivity contribution in [1.82, 2.24) is 0 Å². The molecule has 0 amide bonds. The predicted octanol–water partition coefficient (Wildman–Crippen LogP) is 4.46. The van der Waals surface area contributed by atoms with Crippen molar-refractivity contribution in [3.8, 4) is 5.75 Å². The fraction of sp³-hybridized carbons (Fsp3) is 0.318. The summed E-state index contributed by atoms with van der Waals surface area (Å²) in [4.78, 5) is 38.4. The molecule has 0 saturated carbocycles. The smallest absolute Gasteiger partial charge is 0.326 e. The van der Waals surface area contributed by atoms with Crippen LogP contribution in [0, 0.1) is 18.8 Å². The zero-order chi connectivity index (χ0) is 20.4. The molecular formula is C22H21BrO5. The van der Waals surface area contributed by atoms with Crippen molar-refractivity contribution in [2.75, 3.05) is 7.11 Å². The first-order valence-electron chi connectivity index (χ1n) is 9.07. The number of carbonyl (C=O) groups excluding carboxylic acids is 3. The van der Waals surface area contributed by atoms with Gasteiger partial charge in [-0.25, -0.2) is 0 Å². The molecule has 1 aliphatic rings. The molecule has 3 rings (SSSR count). The van der Waals surface area contributed by atoms with Gasteiger partial charge < -0.3 is 9.47 Å². The zero-order valence-corrected chi connectivity index (χ0v) is 17.5. The molecule has 2 aromatic rings. The lowest BCUT2D eigenvalue weighted by Crippen LogP contribution is -2.42. The molecule has 5 nitrogen and oxygen atoms in total. The van der Waals surface area contributed by atoms with Gasteiger partial charge in [-0.05, 0) is 31.5 Å². The van der Waals surface area contributed by atoms with Crippen LogP contribution in [0.2, 0.25) is 0 Å². The van der Waals surface area contributed by atoms with Crippen LogP contribution >= 0.6 is 15.9 Å². The average molecular weight is 445 g/mol. The highest BCUT2D eigenvalue weighted by Gasteiger charge is 2.48. The van der Waals surface area contributed by atoms with Gasteiger partial charge in [0, 0.05) is 27.4 Å². The Hall–Kier alpha value is -2.47. The minimum absolute atomic E-state index is 0.109. The second-order valence-corrected chi connectivity index (χ2v) is 7.79. The standard InChI is InChI=1S/C22H21BrO5/c1-4-15(20(24)13-7-5-12(2)6-8-13)18-16-11-14(23)9-10-17(16)28-22(26)19(18)21(25)27-3/h5-11,15,18-19H,4H2,1-3H3/t15-,18-,19+/m1/s1. The van der Waals surface area contributed by atoms with Crippen molar-refractivity contribution in [3.63, 3.8) is 0 Å². The monoisotopic (exact) mass is 444 g/mol. The number of aryl methyl sites for hydroxylation is 1. The van der Waals surface area contributed by atoms with E-state index in [4.69, 9.17) is 9.47 Å². The molecule has 0 N–H and O–H groups in total. The van der Waals surface area contributed by atoms with Gasteiger partial charge in [-0.3, -0.25) is 14.4 Å². The fourth-order valence-electron chi connectivity index (χ4n) is 3.72. The van der Waals surface area contributed by atoms with Gasteiger partial charge in [-0.2, -0.15) is 0 Å². The summed E-state index contributed by atoms with van der Waals surface area (Å²) < 4.78 is 11.0. The molecule has 0 saturated heterocycles. The Labute approximate surface area is 172 Å². The molecule has 0 aliphatic carbocycles. The molecule has 1 heterocycles. The van der Waals surface area contributed by atoms with Gasteiger partial charge in [0.2, 0.25) is 0 Å². The second-order valence-electron chi connectivity index (χ2n) is 6.87. The number of methoxy groups -OCH3 is 1. The number of Topliss-reactive ketones (excluding diaryl/α,β-unsaturated/α-hetero) is 1. The third kappa shape index (κ3) is 3.74. The van der Waals surface area contributed by atoms with E-state index in [0.717, 1.165) is 10.0 Å². The van der Waals surface area contributed by atoms with Crippen molar-refractivity contribution in [2.45, 2.75) is 26.2 Å². The normalized spacial score (nSPS) is 19.4. The van der Waals surface area contributed by atoms with Crippen LogP contribution in [-0.2, 0) is 14.3 Å². The van der Waals surface area contributed by atoms with Crippen LogP contribution in [0.25, 0.3) is 0 Å². The van der Waals surface area contributed by atoms with Crippen molar-refractivity contribution < 1.29 is 23.9 Å². The Balaban J connectivity index is 2.13. The first kappa shape index (κ1) is 20.3. The summed E-state index contributed by atoms with van der Waals surface area (Å²) in [5.41, 5.74) is 2.25. The van der Waals surface area contributed by atoms with E-state index in [1.165, 1.54) is 7.11 Å². The van der Waals surface area contributed by atoms with Gasteiger partial charge in [0.25, 0.3) is 0 Å². The van der Waals surface area contributed by atoms with Gasteiger partial charge >= 0.3 is 11.9 Å². The number of fused-ring (bicyclic) bond motifs is 1. The van der Waals surface area contributed by atoms with Crippen LogP contribution in [-0.4, -0.2) is 24.8 Å². The zero-order valence-electron chi connectivity index (χ0n) is 15.9. The van der Waals surface area contributed by atoms with E-state index in [2.05, 4.69) is 15.9 Å². The maximum absolute atomic E-state index is 13.3. The Morgan fingerprint density at radius 3 is 2.46 bits per heavy atom. The quantitative estimate of drug-likeness (QED) is 0.294. The summed E-state index contributed by atoms with van der Waals surface area (Å²) in [6.07, 6.45) is 0.462. The Morgan fingerprint density at radius 1 is 1.18 bits per heavy atom. The Kier molecular flexibility index (Phi) is 5.98. The number of halogens is 1. The lowest BCUT2D eigenvalue weighted by Gasteiger charge is -2.34. The topological polar surface area (TPSA) is 69.7 Å². The average Bonchev–Trinajstić information content (AvgIpc) is 2.68. The molecule has 0 fully saturated rings. The van der Waals surface area contributed by atoms with E-state index < -0.39 is 29.7 Å². The van der Waals surface area contributed by atoms with E-state index in [1.54, 1.807) is 30.3 Å². The maximum atomic E-state index is 13.3. The van der Waals surface area contributed by atoms with Crippen molar-refractivity contribution in [2.24, 2.45) is 11.8 Å². The molecule has 0 spiro atoms. The maximum Gasteiger partial charge on any atom is 0.326 e. The summed E-state index contributed by atoms with van der Waals surface area (Å²) in [7, 11) is 1.23. The lowest BCUT2D eigenvalue weighted by molar-refractivity contribution is -0.158. The third-order valence-corrected chi connectivity index (χ3v) is 5.65. The van der Waals surface area contributed by atoms with Crippen LogP contribution < -0.4 is 4.74 Å². The SMILES string of the molecule is CC[C@@H](C(=O)c1ccc(C)cc1)[C@@H]1c2cc(Br)ccc2OC(=O)[C@@H]1C(=O)OC. The number of hydrogen-bond acceptors (Lipinski definition) is 5. The summed E-state index contributed by atoms with van der Waals surface area (Å²) >= 11 is 3.43. The van der Waals surface area contributed by atoms with E-state index >= 15 is 0 Å². The number of carbonyl (C=O) groups is 3. The van der Waals surface area contributed by atoms with Gasteiger partial charge in [-0.15, -0.1) is 0 Å². The van der Waals surface area contributed by atoms with Crippen LogP contribution in [0.4, 0.5) is 0 Å². The van der Waals surface area contributed by atoms with E-state index in [9.17, 15) is 14.4 Å². The van der Waals surface area contributed by atoms with Gasteiger partial charge in [0.15, 0.2) is 11.7 Å². The highest BCUT2D eigenvalue weighted by molar-refractivity contribution is 9.10. The molecule has 6 heteroatoms. The van der Waals surface area contributed by atoms with Crippen LogP contribution in [0.3, 0.4) is 0 Å². The molecule has 2 aromatic carbocycles. The number of ketones is 1. The predicted molar refractivity (Wildman–Crippen MR) is 107 cm³/mol. The number of ether oxygens (including phenoxy) is 2. The highest BCUT2D eigenvalue weighted by atomic mass is 79.9. The van der Waals surface area contributed by atoms with Crippen LogP contribution in [0.1, 0.15) is 40.7 Å². The largest absolute Gasteiger partial charge is 0.468 e. The lowest BCUT2D eigenvalue weighted by atomic mass is 9.71. The highest BCUT2D eigenvalue weighted by Crippen LogP contribution is 2.45. The fourth-order valence-corrected chi connectivity index (χ4v) is 4.10. The van der Waals surface area contributed by atoms with E-state index in [-0.39, 0.29) is 5.78 Å². The minimum Gasteiger partial charge on any atom is -0.468 e. The molecular weight excluding hydrogens is 424 g/mol. The minimum atomic E-state index is -1.19. The summed E-state index contributed by atoms with van der Waals surface area (Å²) in [5, 5.41) is 0. The van der Waals surface area contributed by atoms with Gasteiger partial charge in [0.05, 0.1) is 7.11 Å². The molecule has 146 valence electrons. The number of benzene rings is 2. The first-order chi connectivity index (χ1) is 13.4. The molecule has 28 heavy (non-hydrogen) atoms. The Morgan fingerprint density at radius 2 is 1.86 bits per heavy atom. The van der Waals surface area contributed by atoms with Crippen LogP contribution in [0.15, 0.2) is 46.9 Å². The van der Waals surface area contributed by atoms with Crippen LogP contribution in [0.5, 0.6) is 5.75 Å². The van der Waals surface area contributed by atoms with E-state index in [1.807, 2.05) is 26.0 Å². The molecule has 0 aromatic heterocycles.